The lowest BCUT2D eigenvalue weighted by Crippen LogP contribution is -2.40. The van der Waals surface area contributed by atoms with Crippen LogP contribution in [-0.2, 0) is 4.79 Å². The number of hydrogen-bond donors (Lipinski definition) is 2. The first kappa shape index (κ1) is 17.3. The van der Waals surface area contributed by atoms with Gasteiger partial charge >= 0.3 is 0 Å². The molecule has 0 aliphatic heterocycles. The van der Waals surface area contributed by atoms with Gasteiger partial charge in [0.15, 0.2) is 0 Å². The molecule has 2 bridgehead atoms. The molecule has 2 fully saturated rings. The molecule has 0 saturated heterocycles. The number of carbonyl (C=O) groups excluding carboxylic acids is 1. The summed E-state index contributed by atoms with van der Waals surface area (Å²) >= 11 is 1.31. The Kier molecular flexibility index (Phi) is 4.84. The zero-order valence-corrected chi connectivity index (χ0v) is 15.5. The molecule has 0 unspecified atom stereocenters. The first-order valence-electron chi connectivity index (χ1n) is 9.10. The van der Waals surface area contributed by atoms with Gasteiger partial charge in [0.25, 0.3) is 0 Å². The van der Waals surface area contributed by atoms with Crippen LogP contribution in [0.5, 0.6) is 5.75 Å². The highest BCUT2D eigenvalue weighted by Crippen LogP contribution is 2.49. The molecule has 2 aromatic rings. The molecule has 1 amide bonds. The SMILES string of the molecule is C[C@H](NC(=O)CSc1nnnn1-c1ccc(O)cc1)[C@@H]1C[C@H]2CC[C@H]1C2. The van der Waals surface area contributed by atoms with Crippen molar-refractivity contribution in [2.45, 2.75) is 43.8 Å². The average Bonchev–Trinajstić information content (AvgIpc) is 3.37. The van der Waals surface area contributed by atoms with E-state index in [1.54, 1.807) is 28.9 Å². The molecule has 26 heavy (non-hydrogen) atoms. The second kappa shape index (κ2) is 7.26. The van der Waals surface area contributed by atoms with E-state index in [1.165, 1.54) is 37.4 Å². The molecule has 0 radical (unpaired) electrons. The van der Waals surface area contributed by atoms with Crippen LogP contribution in [0.25, 0.3) is 5.69 Å². The topological polar surface area (TPSA) is 92.9 Å². The fourth-order valence-corrected chi connectivity index (χ4v) is 5.17. The summed E-state index contributed by atoms with van der Waals surface area (Å²) in [7, 11) is 0. The van der Waals surface area contributed by atoms with E-state index in [0.717, 1.165) is 17.5 Å². The van der Waals surface area contributed by atoms with Crippen LogP contribution in [-0.4, -0.2) is 43.0 Å². The van der Waals surface area contributed by atoms with E-state index >= 15 is 0 Å². The molecule has 8 heteroatoms. The number of tetrazole rings is 1. The van der Waals surface area contributed by atoms with Gasteiger partial charge in [0, 0.05) is 6.04 Å². The maximum absolute atomic E-state index is 12.4. The number of benzene rings is 1. The van der Waals surface area contributed by atoms with Gasteiger partial charge in [-0.15, -0.1) is 5.10 Å². The van der Waals surface area contributed by atoms with Crippen LogP contribution in [0.2, 0.25) is 0 Å². The number of aromatic hydroxyl groups is 1. The number of fused-ring (bicyclic) bond motifs is 2. The minimum absolute atomic E-state index is 0.0190. The standard InChI is InChI=1S/C18H23N5O2S/c1-11(16-9-12-2-3-13(16)8-12)19-17(25)10-26-18-20-21-22-23(18)14-4-6-15(24)7-5-14/h4-7,11-13,16,24H,2-3,8-10H2,1H3,(H,19,25)/t11-,12-,13-,16-/m0/s1. The van der Waals surface area contributed by atoms with Crippen LogP contribution in [0.4, 0.5) is 0 Å². The predicted molar refractivity (Wildman–Crippen MR) is 98.1 cm³/mol. The normalized spacial score (nSPS) is 25.3. The van der Waals surface area contributed by atoms with Crippen LogP contribution >= 0.6 is 11.8 Å². The Bertz CT molecular complexity index is 778. The third kappa shape index (κ3) is 3.56. The third-order valence-corrected chi connectivity index (χ3v) is 6.61. The minimum Gasteiger partial charge on any atom is -0.508 e. The van der Waals surface area contributed by atoms with E-state index < -0.39 is 0 Å². The molecule has 2 aliphatic rings. The molecule has 7 nitrogen and oxygen atoms in total. The van der Waals surface area contributed by atoms with Crippen molar-refractivity contribution in [2.24, 2.45) is 17.8 Å². The summed E-state index contributed by atoms with van der Waals surface area (Å²) in [6.07, 6.45) is 5.31. The summed E-state index contributed by atoms with van der Waals surface area (Å²) in [6, 6.07) is 6.84. The van der Waals surface area contributed by atoms with Gasteiger partial charge < -0.3 is 10.4 Å². The van der Waals surface area contributed by atoms with E-state index in [-0.39, 0.29) is 23.5 Å². The highest BCUT2D eigenvalue weighted by Gasteiger charge is 2.42. The number of hydrogen-bond acceptors (Lipinski definition) is 6. The Balaban J connectivity index is 1.32. The number of aromatic nitrogens is 4. The lowest BCUT2D eigenvalue weighted by atomic mass is 9.84. The Labute approximate surface area is 156 Å². The maximum Gasteiger partial charge on any atom is 0.230 e. The van der Waals surface area contributed by atoms with Crippen molar-refractivity contribution < 1.29 is 9.90 Å². The smallest absolute Gasteiger partial charge is 0.230 e. The highest BCUT2D eigenvalue weighted by molar-refractivity contribution is 7.99. The fourth-order valence-electron chi connectivity index (χ4n) is 4.46. The molecular weight excluding hydrogens is 350 g/mol. The molecule has 0 spiro atoms. The largest absolute Gasteiger partial charge is 0.508 e. The highest BCUT2D eigenvalue weighted by atomic mass is 32.2. The van der Waals surface area contributed by atoms with Crippen molar-refractivity contribution in [3.8, 4) is 11.4 Å². The number of nitrogens with one attached hydrogen (secondary N) is 1. The number of phenols is 1. The minimum atomic E-state index is 0.0190. The Morgan fingerprint density at radius 2 is 2.15 bits per heavy atom. The number of phenolic OH excluding ortho intramolecular Hbond substituents is 1. The number of nitrogens with zero attached hydrogens (tertiary/aromatic N) is 4. The van der Waals surface area contributed by atoms with E-state index in [2.05, 4.69) is 27.8 Å². The van der Waals surface area contributed by atoms with Gasteiger partial charge in [-0.1, -0.05) is 18.2 Å². The monoisotopic (exact) mass is 373 g/mol. The first-order chi connectivity index (χ1) is 12.6. The summed E-state index contributed by atoms with van der Waals surface area (Å²) in [6.45, 7) is 2.13. The van der Waals surface area contributed by atoms with Gasteiger partial charge in [-0.25, -0.2) is 0 Å². The first-order valence-corrected chi connectivity index (χ1v) is 10.1. The Morgan fingerprint density at radius 3 is 2.85 bits per heavy atom. The van der Waals surface area contributed by atoms with Crippen molar-refractivity contribution in [3.05, 3.63) is 24.3 Å². The Morgan fingerprint density at radius 1 is 1.35 bits per heavy atom. The zero-order valence-electron chi connectivity index (χ0n) is 14.7. The molecule has 138 valence electrons. The van der Waals surface area contributed by atoms with Gasteiger partial charge in [-0.05, 0) is 78.6 Å². The van der Waals surface area contributed by atoms with Gasteiger partial charge in [-0.3, -0.25) is 4.79 Å². The summed E-state index contributed by atoms with van der Waals surface area (Å²) in [5, 5.41) is 24.8. The predicted octanol–water partition coefficient (Wildman–Crippen LogP) is 2.40. The van der Waals surface area contributed by atoms with Gasteiger partial charge in [0.05, 0.1) is 11.4 Å². The molecule has 2 saturated carbocycles. The second-order valence-electron chi connectivity index (χ2n) is 7.37. The summed E-state index contributed by atoms with van der Waals surface area (Å²) in [5.74, 6) is 2.79. The molecular formula is C18H23N5O2S. The average molecular weight is 373 g/mol. The molecule has 4 atom stereocenters. The van der Waals surface area contributed by atoms with Crippen LogP contribution in [0, 0.1) is 17.8 Å². The van der Waals surface area contributed by atoms with Crippen molar-refractivity contribution in [1.82, 2.24) is 25.5 Å². The third-order valence-electron chi connectivity index (χ3n) is 5.69. The molecule has 1 aromatic carbocycles. The van der Waals surface area contributed by atoms with Crippen molar-refractivity contribution in [1.29, 1.82) is 0 Å². The van der Waals surface area contributed by atoms with Crippen molar-refractivity contribution in [2.75, 3.05) is 5.75 Å². The number of rotatable bonds is 6. The number of thioether (sulfide) groups is 1. The van der Waals surface area contributed by atoms with Gasteiger partial charge in [0.1, 0.15) is 5.75 Å². The van der Waals surface area contributed by atoms with Gasteiger partial charge in [0.2, 0.25) is 11.1 Å². The zero-order chi connectivity index (χ0) is 18.1. The molecule has 2 aliphatic carbocycles. The lowest BCUT2D eigenvalue weighted by Gasteiger charge is -2.28. The van der Waals surface area contributed by atoms with Crippen LogP contribution in [0.15, 0.2) is 29.4 Å². The summed E-state index contributed by atoms with van der Waals surface area (Å²) in [4.78, 5) is 12.4. The fraction of sp³-hybridized carbons (Fsp3) is 0.556. The second-order valence-corrected chi connectivity index (χ2v) is 8.32. The summed E-state index contributed by atoms with van der Waals surface area (Å²) in [5.41, 5.74) is 0.742. The van der Waals surface area contributed by atoms with Crippen molar-refractivity contribution >= 4 is 17.7 Å². The van der Waals surface area contributed by atoms with E-state index in [1.807, 2.05) is 0 Å². The van der Waals surface area contributed by atoms with Crippen molar-refractivity contribution in [3.63, 3.8) is 0 Å². The number of carbonyl (C=O) groups is 1. The van der Waals surface area contributed by atoms with E-state index in [4.69, 9.17) is 0 Å². The number of amides is 1. The van der Waals surface area contributed by atoms with Crippen LogP contribution in [0.3, 0.4) is 0 Å². The van der Waals surface area contributed by atoms with Crippen LogP contribution in [0.1, 0.15) is 32.6 Å². The molecule has 1 heterocycles. The molecule has 4 rings (SSSR count). The summed E-state index contributed by atoms with van der Waals surface area (Å²) < 4.78 is 1.57. The van der Waals surface area contributed by atoms with E-state index in [0.29, 0.717) is 11.1 Å². The van der Waals surface area contributed by atoms with E-state index in [9.17, 15) is 9.90 Å². The van der Waals surface area contributed by atoms with Gasteiger partial charge in [-0.2, -0.15) is 4.68 Å². The van der Waals surface area contributed by atoms with Crippen LogP contribution < -0.4 is 5.32 Å². The molecule has 1 aromatic heterocycles. The quantitative estimate of drug-likeness (QED) is 0.756. The molecule has 2 N–H and O–H groups in total. The lowest BCUT2D eigenvalue weighted by molar-refractivity contribution is -0.119. The maximum atomic E-state index is 12.4. The Hall–Kier alpha value is -2.09.